The first kappa shape index (κ1) is 17.3. The van der Waals surface area contributed by atoms with E-state index < -0.39 is 5.97 Å². The van der Waals surface area contributed by atoms with Crippen molar-refractivity contribution in [2.75, 3.05) is 12.4 Å². The summed E-state index contributed by atoms with van der Waals surface area (Å²) >= 11 is 0. The Hall–Kier alpha value is -3.55. The van der Waals surface area contributed by atoms with Crippen molar-refractivity contribution in [1.82, 2.24) is 20.2 Å². The van der Waals surface area contributed by atoms with E-state index in [1.165, 1.54) is 18.1 Å². The molecule has 0 saturated heterocycles. The van der Waals surface area contributed by atoms with Crippen LogP contribution in [-0.4, -0.2) is 39.2 Å². The fraction of sp³-hybridized carbons (Fsp3) is 0.167. The van der Waals surface area contributed by atoms with Crippen molar-refractivity contribution in [1.29, 1.82) is 0 Å². The van der Waals surface area contributed by atoms with Gasteiger partial charge in [0.25, 0.3) is 0 Å². The third-order valence-electron chi connectivity index (χ3n) is 3.84. The molecular formula is C18H17N5O3. The van der Waals surface area contributed by atoms with Gasteiger partial charge in [0.2, 0.25) is 5.91 Å². The molecule has 132 valence electrons. The first-order valence-electron chi connectivity index (χ1n) is 7.88. The van der Waals surface area contributed by atoms with E-state index in [-0.39, 0.29) is 12.3 Å². The third kappa shape index (κ3) is 3.92. The van der Waals surface area contributed by atoms with Gasteiger partial charge in [-0.2, -0.15) is 0 Å². The standard InChI is InChI=1S/C18H17N5O3/c1-12-9-14(18(25)26-2)5-8-16(12)20-17(24)10-13-3-6-15(7-4-13)23-11-19-21-22-23/h3-9,11H,10H2,1-2H3,(H,20,24). The lowest BCUT2D eigenvalue weighted by molar-refractivity contribution is -0.115. The molecule has 0 aliphatic carbocycles. The number of methoxy groups -OCH3 is 1. The van der Waals surface area contributed by atoms with Crippen LogP contribution in [0.1, 0.15) is 21.5 Å². The first-order valence-corrected chi connectivity index (χ1v) is 7.88. The smallest absolute Gasteiger partial charge is 0.337 e. The summed E-state index contributed by atoms with van der Waals surface area (Å²) in [5, 5.41) is 13.8. The molecule has 1 amide bonds. The number of carbonyl (C=O) groups excluding carboxylic acids is 2. The largest absolute Gasteiger partial charge is 0.465 e. The molecule has 26 heavy (non-hydrogen) atoms. The number of nitrogens with one attached hydrogen (secondary N) is 1. The van der Waals surface area contributed by atoms with Gasteiger partial charge in [-0.1, -0.05) is 12.1 Å². The number of tetrazole rings is 1. The zero-order chi connectivity index (χ0) is 18.5. The predicted molar refractivity (Wildman–Crippen MR) is 94.0 cm³/mol. The van der Waals surface area contributed by atoms with Crippen molar-refractivity contribution < 1.29 is 14.3 Å². The molecule has 1 N–H and O–H groups in total. The first-order chi connectivity index (χ1) is 12.6. The van der Waals surface area contributed by atoms with Crippen molar-refractivity contribution in [2.24, 2.45) is 0 Å². The van der Waals surface area contributed by atoms with Crippen LogP contribution in [0.2, 0.25) is 0 Å². The van der Waals surface area contributed by atoms with Crippen molar-refractivity contribution in [3.8, 4) is 5.69 Å². The lowest BCUT2D eigenvalue weighted by atomic mass is 10.1. The Morgan fingerprint density at radius 3 is 2.54 bits per heavy atom. The molecule has 0 atom stereocenters. The van der Waals surface area contributed by atoms with E-state index >= 15 is 0 Å². The molecule has 0 fully saturated rings. The van der Waals surface area contributed by atoms with Crippen LogP contribution in [-0.2, 0) is 16.0 Å². The minimum atomic E-state index is -0.409. The Morgan fingerprint density at radius 2 is 1.92 bits per heavy atom. The molecule has 3 rings (SSSR count). The van der Waals surface area contributed by atoms with Crippen LogP contribution in [0.3, 0.4) is 0 Å². The average Bonchev–Trinajstić information content (AvgIpc) is 3.18. The highest BCUT2D eigenvalue weighted by atomic mass is 16.5. The highest BCUT2D eigenvalue weighted by Crippen LogP contribution is 2.18. The molecule has 0 aliphatic rings. The van der Waals surface area contributed by atoms with Gasteiger partial charge < -0.3 is 10.1 Å². The second-order valence-corrected chi connectivity index (χ2v) is 5.67. The number of aromatic nitrogens is 4. The van der Waals surface area contributed by atoms with Crippen LogP contribution in [0.4, 0.5) is 5.69 Å². The summed E-state index contributed by atoms with van der Waals surface area (Å²) in [4.78, 5) is 23.8. The quantitative estimate of drug-likeness (QED) is 0.705. The fourth-order valence-electron chi connectivity index (χ4n) is 2.47. The van der Waals surface area contributed by atoms with E-state index in [2.05, 4.69) is 25.6 Å². The van der Waals surface area contributed by atoms with Crippen LogP contribution in [0.5, 0.6) is 0 Å². The van der Waals surface area contributed by atoms with Crippen molar-refractivity contribution >= 4 is 17.6 Å². The summed E-state index contributed by atoms with van der Waals surface area (Å²) in [6.45, 7) is 1.82. The third-order valence-corrected chi connectivity index (χ3v) is 3.84. The summed E-state index contributed by atoms with van der Waals surface area (Å²) in [5.74, 6) is -0.553. The molecule has 0 bridgehead atoms. The van der Waals surface area contributed by atoms with E-state index in [0.717, 1.165) is 16.8 Å². The van der Waals surface area contributed by atoms with Gasteiger partial charge >= 0.3 is 5.97 Å². The molecule has 0 saturated carbocycles. The minimum Gasteiger partial charge on any atom is -0.465 e. The summed E-state index contributed by atoms with van der Waals surface area (Å²) in [7, 11) is 1.33. The normalized spacial score (nSPS) is 10.4. The van der Waals surface area contributed by atoms with Gasteiger partial charge in [0.05, 0.1) is 24.8 Å². The second-order valence-electron chi connectivity index (χ2n) is 5.67. The maximum absolute atomic E-state index is 12.3. The van der Waals surface area contributed by atoms with E-state index in [0.29, 0.717) is 11.3 Å². The number of anilines is 1. The molecule has 8 nitrogen and oxygen atoms in total. The van der Waals surface area contributed by atoms with E-state index in [4.69, 9.17) is 0 Å². The zero-order valence-corrected chi connectivity index (χ0v) is 14.3. The Balaban J connectivity index is 1.64. The van der Waals surface area contributed by atoms with Gasteiger partial charge in [0.15, 0.2) is 0 Å². The van der Waals surface area contributed by atoms with Crippen molar-refractivity contribution in [3.05, 3.63) is 65.5 Å². The zero-order valence-electron chi connectivity index (χ0n) is 14.3. The van der Waals surface area contributed by atoms with Gasteiger partial charge in [0.1, 0.15) is 6.33 Å². The Labute approximate surface area is 149 Å². The summed E-state index contributed by atoms with van der Waals surface area (Å²) in [6.07, 6.45) is 1.73. The number of amides is 1. The van der Waals surface area contributed by atoms with E-state index in [1.54, 1.807) is 18.2 Å². The van der Waals surface area contributed by atoms with Crippen LogP contribution < -0.4 is 5.32 Å². The SMILES string of the molecule is COC(=O)c1ccc(NC(=O)Cc2ccc(-n3cnnn3)cc2)c(C)c1. The monoisotopic (exact) mass is 351 g/mol. The molecule has 0 radical (unpaired) electrons. The molecule has 3 aromatic rings. The van der Waals surface area contributed by atoms with Crippen LogP contribution >= 0.6 is 0 Å². The lowest BCUT2D eigenvalue weighted by Crippen LogP contribution is -2.15. The van der Waals surface area contributed by atoms with E-state index in [1.807, 2.05) is 31.2 Å². The molecule has 0 aliphatic heterocycles. The highest BCUT2D eigenvalue weighted by molar-refractivity contribution is 5.95. The maximum Gasteiger partial charge on any atom is 0.337 e. The van der Waals surface area contributed by atoms with Crippen LogP contribution in [0.25, 0.3) is 5.69 Å². The number of carbonyl (C=O) groups is 2. The number of rotatable bonds is 5. The molecule has 8 heteroatoms. The maximum atomic E-state index is 12.3. The summed E-state index contributed by atoms with van der Waals surface area (Å²) in [6, 6.07) is 12.4. The Morgan fingerprint density at radius 1 is 1.15 bits per heavy atom. The highest BCUT2D eigenvalue weighted by Gasteiger charge is 2.10. The number of benzene rings is 2. The number of ether oxygens (including phenoxy) is 1. The number of esters is 1. The van der Waals surface area contributed by atoms with Gasteiger partial charge in [-0.05, 0) is 58.8 Å². The number of hydrogen-bond acceptors (Lipinski definition) is 6. The summed E-state index contributed by atoms with van der Waals surface area (Å²) in [5.41, 5.74) is 3.57. The Bertz CT molecular complexity index is 921. The van der Waals surface area contributed by atoms with Crippen molar-refractivity contribution in [2.45, 2.75) is 13.3 Å². The molecule has 0 spiro atoms. The molecule has 1 heterocycles. The fourth-order valence-corrected chi connectivity index (χ4v) is 2.47. The second kappa shape index (κ2) is 7.56. The van der Waals surface area contributed by atoms with E-state index in [9.17, 15) is 9.59 Å². The molecular weight excluding hydrogens is 334 g/mol. The van der Waals surface area contributed by atoms with Crippen LogP contribution in [0.15, 0.2) is 48.8 Å². The van der Waals surface area contributed by atoms with Crippen LogP contribution in [0, 0.1) is 6.92 Å². The topological polar surface area (TPSA) is 99.0 Å². The number of hydrogen-bond donors (Lipinski definition) is 1. The van der Waals surface area contributed by atoms with Crippen molar-refractivity contribution in [3.63, 3.8) is 0 Å². The van der Waals surface area contributed by atoms with Gasteiger partial charge in [-0.25, -0.2) is 9.48 Å². The number of aryl methyl sites for hydroxylation is 1. The number of nitrogens with zero attached hydrogens (tertiary/aromatic N) is 4. The molecule has 0 unspecified atom stereocenters. The molecule has 2 aromatic carbocycles. The minimum absolute atomic E-state index is 0.144. The predicted octanol–water partition coefficient (Wildman–Crippen LogP) is 1.94. The summed E-state index contributed by atoms with van der Waals surface area (Å²) < 4.78 is 6.23. The lowest BCUT2D eigenvalue weighted by Gasteiger charge is -2.10. The van der Waals surface area contributed by atoms with Gasteiger partial charge in [-0.15, -0.1) is 5.10 Å². The molecule has 1 aromatic heterocycles. The average molecular weight is 351 g/mol. The van der Waals surface area contributed by atoms with Gasteiger partial charge in [0, 0.05) is 5.69 Å². The Kier molecular flexibility index (Phi) is 5.02. The van der Waals surface area contributed by atoms with Gasteiger partial charge in [-0.3, -0.25) is 4.79 Å².